The van der Waals surface area contributed by atoms with Gasteiger partial charge in [-0.25, -0.2) is 9.97 Å². The monoisotopic (exact) mass is 173 g/mol. The van der Waals surface area contributed by atoms with Crippen LogP contribution in [0.5, 0.6) is 0 Å². The maximum Gasteiger partial charge on any atom is 0.134 e. The van der Waals surface area contributed by atoms with Crippen LogP contribution in [0.15, 0.2) is 31.6 Å². The van der Waals surface area contributed by atoms with E-state index in [2.05, 4.69) is 23.1 Å². The van der Waals surface area contributed by atoms with Crippen LogP contribution in [0.4, 0.5) is 5.82 Å². The normalized spacial score (nSPS) is 12.9. The van der Waals surface area contributed by atoms with Crippen molar-refractivity contribution in [2.24, 2.45) is 0 Å². The summed E-state index contributed by atoms with van der Waals surface area (Å²) >= 11 is 0. The maximum atomic E-state index is 5.65. The van der Waals surface area contributed by atoms with Crippen molar-refractivity contribution in [3.8, 4) is 0 Å². The molecule has 0 aliphatic carbocycles. The Morgan fingerprint density at radius 3 is 2.46 bits per heavy atom. The summed E-state index contributed by atoms with van der Waals surface area (Å²) in [5, 5.41) is 1.53. The molecule has 0 fully saturated rings. The summed E-state index contributed by atoms with van der Waals surface area (Å²) in [5.41, 5.74) is 5.65. The number of hydrogen-bond acceptors (Lipinski definition) is 3. The van der Waals surface area contributed by atoms with Crippen LogP contribution in [0, 0.1) is 0 Å². The van der Waals surface area contributed by atoms with Crippen molar-refractivity contribution < 1.29 is 0 Å². The van der Waals surface area contributed by atoms with Crippen molar-refractivity contribution in [3.63, 3.8) is 0 Å². The van der Waals surface area contributed by atoms with Gasteiger partial charge in [-0.3, -0.25) is 0 Å². The fourth-order valence-corrected chi connectivity index (χ4v) is 0.957. The first-order chi connectivity index (χ1) is 6.29. The molecule has 66 valence electrons. The highest BCUT2D eigenvalue weighted by atomic mass is 14.9. The fourth-order valence-electron chi connectivity index (χ4n) is 0.957. The summed E-state index contributed by atoms with van der Waals surface area (Å²) in [6.45, 7) is 7.18. The van der Waals surface area contributed by atoms with Crippen LogP contribution in [-0.2, 0) is 0 Å². The number of aromatic nitrogens is 2. The standard InChI is InChI=1S/C10H11N3/c1-3-5-8-9(6-4-2)12-7-13-10(8)11/h3-7H,1-2H2,(H2,11,12,13)/b8-5+,9-6+. The molecule has 0 aliphatic rings. The van der Waals surface area contributed by atoms with Gasteiger partial charge in [-0.2, -0.15) is 0 Å². The third-order valence-electron chi connectivity index (χ3n) is 1.51. The molecule has 13 heavy (non-hydrogen) atoms. The van der Waals surface area contributed by atoms with Crippen LogP contribution < -0.4 is 16.3 Å². The minimum absolute atomic E-state index is 0.447. The second kappa shape index (κ2) is 4.21. The molecule has 3 heteroatoms. The lowest BCUT2D eigenvalue weighted by molar-refractivity contribution is 1.11. The van der Waals surface area contributed by atoms with Crippen LogP contribution in [0.1, 0.15) is 0 Å². The molecule has 0 saturated carbocycles. The molecule has 0 spiro atoms. The minimum Gasteiger partial charge on any atom is -0.383 e. The molecule has 0 aromatic carbocycles. The molecule has 0 amide bonds. The van der Waals surface area contributed by atoms with Crippen molar-refractivity contribution >= 4 is 18.0 Å². The van der Waals surface area contributed by atoms with Gasteiger partial charge in [0.2, 0.25) is 0 Å². The van der Waals surface area contributed by atoms with Crippen LogP contribution in [-0.4, -0.2) is 9.97 Å². The van der Waals surface area contributed by atoms with E-state index in [1.807, 2.05) is 0 Å². The van der Waals surface area contributed by atoms with Crippen LogP contribution >= 0.6 is 0 Å². The van der Waals surface area contributed by atoms with Gasteiger partial charge in [-0.05, 0) is 12.2 Å². The van der Waals surface area contributed by atoms with Crippen molar-refractivity contribution in [2.75, 3.05) is 5.73 Å². The number of nitrogens with zero attached hydrogens (tertiary/aromatic N) is 2. The molecule has 0 aliphatic heterocycles. The van der Waals surface area contributed by atoms with Gasteiger partial charge in [0.15, 0.2) is 0 Å². The number of anilines is 1. The van der Waals surface area contributed by atoms with Crippen molar-refractivity contribution in [1.29, 1.82) is 0 Å². The van der Waals surface area contributed by atoms with Gasteiger partial charge in [0, 0.05) is 5.22 Å². The van der Waals surface area contributed by atoms with Gasteiger partial charge in [-0.1, -0.05) is 25.3 Å². The summed E-state index contributed by atoms with van der Waals surface area (Å²) in [4.78, 5) is 7.92. The molecular weight excluding hydrogens is 162 g/mol. The van der Waals surface area contributed by atoms with Gasteiger partial charge in [-0.15, -0.1) is 0 Å². The molecule has 1 aromatic rings. The Morgan fingerprint density at radius 1 is 1.15 bits per heavy atom. The molecule has 0 unspecified atom stereocenters. The number of allylic oxidation sites excluding steroid dienone is 2. The lowest BCUT2D eigenvalue weighted by atomic mass is 10.3. The Kier molecular flexibility index (Phi) is 2.97. The van der Waals surface area contributed by atoms with Crippen molar-refractivity contribution in [2.45, 2.75) is 0 Å². The largest absolute Gasteiger partial charge is 0.383 e. The Balaban J connectivity index is 3.62. The van der Waals surface area contributed by atoms with Crippen LogP contribution in [0.3, 0.4) is 0 Å². The zero-order valence-electron chi connectivity index (χ0n) is 7.27. The first-order valence-electron chi connectivity index (χ1n) is 3.81. The maximum absolute atomic E-state index is 5.65. The average Bonchev–Trinajstić information content (AvgIpc) is 2.11. The summed E-state index contributed by atoms with van der Waals surface area (Å²) in [7, 11) is 0. The fraction of sp³-hybridized carbons (Fsp3) is 0. The van der Waals surface area contributed by atoms with Gasteiger partial charge in [0.25, 0.3) is 0 Å². The Hall–Kier alpha value is -1.90. The molecule has 0 bridgehead atoms. The van der Waals surface area contributed by atoms with E-state index in [9.17, 15) is 0 Å². The predicted octanol–water partition coefficient (Wildman–Crippen LogP) is -0.00820. The quantitative estimate of drug-likeness (QED) is 0.684. The van der Waals surface area contributed by atoms with E-state index in [0.29, 0.717) is 5.82 Å². The molecule has 0 radical (unpaired) electrons. The molecule has 0 saturated heterocycles. The molecular formula is C10H11N3. The van der Waals surface area contributed by atoms with E-state index in [1.165, 1.54) is 6.33 Å². The average molecular weight is 173 g/mol. The van der Waals surface area contributed by atoms with Gasteiger partial charge >= 0.3 is 0 Å². The summed E-state index contributed by atoms with van der Waals surface area (Å²) < 4.78 is 0. The minimum atomic E-state index is 0.447. The van der Waals surface area contributed by atoms with Crippen LogP contribution in [0.2, 0.25) is 0 Å². The molecule has 0 atom stereocenters. The third kappa shape index (κ3) is 2.02. The third-order valence-corrected chi connectivity index (χ3v) is 1.51. The Morgan fingerprint density at radius 2 is 1.85 bits per heavy atom. The Bertz CT molecular complexity index is 432. The molecule has 1 aromatic heterocycles. The number of hydrogen-bond donors (Lipinski definition) is 1. The SMILES string of the molecule is C=C/C=c1/ncnc(N)/c1=C/C=C. The molecule has 2 N–H and O–H groups in total. The lowest BCUT2D eigenvalue weighted by Gasteiger charge is -1.92. The van der Waals surface area contributed by atoms with E-state index in [4.69, 9.17) is 5.73 Å². The van der Waals surface area contributed by atoms with E-state index in [0.717, 1.165) is 10.6 Å². The number of nitrogens with two attached hydrogens (primary N) is 1. The Labute approximate surface area is 76.6 Å². The second-order valence-electron chi connectivity index (χ2n) is 2.36. The van der Waals surface area contributed by atoms with Gasteiger partial charge < -0.3 is 5.73 Å². The topological polar surface area (TPSA) is 51.8 Å². The summed E-state index contributed by atoms with van der Waals surface area (Å²) in [6.07, 6.45) is 8.26. The highest BCUT2D eigenvalue weighted by Gasteiger charge is 1.90. The summed E-state index contributed by atoms with van der Waals surface area (Å²) in [5.74, 6) is 0.447. The van der Waals surface area contributed by atoms with E-state index in [-0.39, 0.29) is 0 Å². The van der Waals surface area contributed by atoms with Crippen molar-refractivity contribution in [1.82, 2.24) is 9.97 Å². The lowest BCUT2D eigenvalue weighted by Crippen LogP contribution is -2.31. The zero-order chi connectivity index (χ0) is 9.68. The summed E-state index contributed by atoms with van der Waals surface area (Å²) in [6, 6.07) is 0. The molecule has 1 rings (SSSR count). The smallest absolute Gasteiger partial charge is 0.134 e. The van der Waals surface area contributed by atoms with E-state index >= 15 is 0 Å². The molecule has 1 heterocycles. The number of rotatable bonds is 2. The predicted molar refractivity (Wildman–Crippen MR) is 55.0 cm³/mol. The second-order valence-corrected chi connectivity index (χ2v) is 2.36. The first kappa shape index (κ1) is 9.19. The van der Waals surface area contributed by atoms with E-state index in [1.54, 1.807) is 24.3 Å². The first-order valence-corrected chi connectivity index (χ1v) is 3.81. The van der Waals surface area contributed by atoms with Gasteiger partial charge in [0.05, 0.1) is 5.35 Å². The highest BCUT2D eigenvalue weighted by molar-refractivity contribution is 5.47. The van der Waals surface area contributed by atoms with Crippen LogP contribution in [0.25, 0.3) is 12.2 Å². The number of nitrogen functional groups attached to an aromatic ring is 1. The molecule has 3 nitrogen and oxygen atoms in total. The zero-order valence-corrected chi connectivity index (χ0v) is 7.27. The van der Waals surface area contributed by atoms with Crippen molar-refractivity contribution in [3.05, 3.63) is 42.2 Å². The van der Waals surface area contributed by atoms with E-state index < -0.39 is 0 Å². The highest BCUT2D eigenvalue weighted by Crippen LogP contribution is 1.78. The van der Waals surface area contributed by atoms with Gasteiger partial charge in [0.1, 0.15) is 12.1 Å².